The van der Waals surface area contributed by atoms with Gasteiger partial charge in [-0.1, -0.05) is 33.1 Å². The molecule has 0 spiro atoms. The second-order valence-electron chi connectivity index (χ2n) is 11.4. The third-order valence-electron chi connectivity index (χ3n) is 8.66. The van der Waals surface area contributed by atoms with E-state index < -0.39 is 21.9 Å². The minimum absolute atomic E-state index is 0. The molecule has 2 atom stereocenters. The molecule has 44 heavy (non-hydrogen) atoms. The van der Waals surface area contributed by atoms with E-state index in [0.29, 0.717) is 24.6 Å². The quantitative estimate of drug-likeness (QED) is 0.336. The Balaban J connectivity index is 0.00000221. The Morgan fingerprint density at radius 1 is 1.07 bits per heavy atom. The standard InChI is InChI=1S/C30H35N7O4S.2CH4/c1-19-7-8-22(26(15-28(38)39)25-9-11-36-21(3)32-33-29(36)20(25)2)14-23(19)16-35-18-24-17-34(4)12-13-37(24)30-27(42(35,40)41)6-5-10-31-30;;/h5-11,14,24,26H,12-13,15-18H2,1-4H3,(H,38,39);2*1H4/t24-,26+;;/m0../s1. The average molecular weight is 622 g/mol. The van der Waals surface area contributed by atoms with Crippen molar-refractivity contribution < 1.29 is 18.3 Å². The zero-order chi connectivity index (χ0) is 29.8. The zero-order valence-corrected chi connectivity index (χ0v) is 25.0. The van der Waals surface area contributed by atoms with Crippen LogP contribution in [0.4, 0.5) is 5.82 Å². The molecule has 1 fully saturated rings. The number of pyridine rings is 2. The number of carbonyl (C=O) groups is 1. The Kier molecular flexibility index (Phi) is 9.48. The fourth-order valence-electron chi connectivity index (χ4n) is 6.31. The highest BCUT2D eigenvalue weighted by Crippen LogP contribution is 2.36. The van der Waals surface area contributed by atoms with E-state index in [1.165, 1.54) is 0 Å². The molecule has 3 aromatic heterocycles. The fraction of sp³-hybridized carbons (Fsp3) is 0.438. The third kappa shape index (κ3) is 5.81. The molecule has 4 aromatic rings. The first kappa shape index (κ1) is 33.0. The van der Waals surface area contributed by atoms with Gasteiger partial charge in [0.2, 0.25) is 10.0 Å². The molecule has 12 heteroatoms. The number of aromatic nitrogens is 4. The van der Waals surface area contributed by atoms with Crippen LogP contribution in [-0.2, 0) is 21.4 Å². The number of hydrogen-bond acceptors (Lipinski definition) is 8. The number of nitrogens with zero attached hydrogens (tertiary/aromatic N) is 7. The summed E-state index contributed by atoms with van der Waals surface area (Å²) in [6.07, 6.45) is 3.41. The molecule has 1 N–H and O–H groups in total. The summed E-state index contributed by atoms with van der Waals surface area (Å²) in [7, 11) is -1.79. The van der Waals surface area contributed by atoms with Gasteiger partial charge in [0.05, 0.1) is 12.5 Å². The van der Waals surface area contributed by atoms with E-state index in [0.717, 1.165) is 46.7 Å². The molecule has 6 rings (SSSR count). The van der Waals surface area contributed by atoms with Crippen LogP contribution in [0, 0.1) is 20.8 Å². The van der Waals surface area contributed by atoms with Crippen molar-refractivity contribution in [3.63, 3.8) is 0 Å². The molecule has 2 aliphatic rings. The SMILES string of the molecule is C.C.Cc1ccc([C@@H](CC(=O)O)c2ccn3c(C)nnc3c2C)cc1CN1C[C@@H]2CN(C)CCN2c2ncccc2S1(=O)=O. The van der Waals surface area contributed by atoms with Gasteiger partial charge in [-0.3, -0.25) is 9.20 Å². The van der Waals surface area contributed by atoms with Crippen molar-refractivity contribution in [3.05, 3.63) is 82.4 Å². The maximum atomic E-state index is 14.1. The topological polar surface area (TPSA) is 124 Å². The number of aryl methyl sites for hydroxylation is 3. The smallest absolute Gasteiger partial charge is 0.304 e. The molecule has 2 aliphatic heterocycles. The van der Waals surface area contributed by atoms with E-state index >= 15 is 0 Å². The first-order valence-electron chi connectivity index (χ1n) is 14.1. The van der Waals surface area contributed by atoms with E-state index in [2.05, 4.69) is 32.0 Å². The van der Waals surface area contributed by atoms with Gasteiger partial charge in [0.1, 0.15) is 16.5 Å². The number of carboxylic acids is 1. The molecule has 5 heterocycles. The Morgan fingerprint density at radius 2 is 1.84 bits per heavy atom. The molecule has 11 nitrogen and oxygen atoms in total. The largest absolute Gasteiger partial charge is 0.481 e. The molecular weight excluding hydrogens is 578 g/mol. The number of hydrogen-bond donors (Lipinski definition) is 1. The monoisotopic (exact) mass is 621 g/mol. The lowest BCUT2D eigenvalue weighted by Gasteiger charge is -2.40. The predicted octanol–water partition coefficient (Wildman–Crippen LogP) is 4.25. The van der Waals surface area contributed by atoms with Crippen LogP contribution < -0.4 is 4.90 Å². The van der Waals surface area contributed by atoms with E-state index in [9.17, 15) is 18.3 Å². The summed E-state index contributed by atoms with van der Waals surface area (Å²) in [5, 5.41) is 18.4. The van der Waals surface area contributed by atoms with Gasteiger partial charge < -0.3 is 14.9 Å². The minimum Gasteiger partial charge on any atom is -0.481 e. The Labute approximate surface area is 260 Å². The van der Waals surface area contributed by atoms with Crippen molar-refractivity contribution in [2.24, 2.45) is 0 Å². The van der Waals surface area contributed by atoms with Crippen molar-refractivity contribution in [2.75, 3.05) is 38.1 Å². The first-order chi connectivity index (χ1) is 20.0. The van der Waals surface area contributed by atoms with Crippen LogP contribution in [0.5, 0.6) is 0 Å². The first-order valence-corrected chi connectivity index (χ1v) is 15.5. The van der Waals surface area contributed by atoms with E-state index in [1.807, 2.05) is 55.6 Å². The minimum atomic E-state index is -3.84. The zero-order valence-electron chi connectivity index (χ0n) is 24.2. The maximum Gasteiger partial charge on any atom is 0.304 e. The summed E-state index contributed by atoms with van der Waals surface area (Å²) in [6, 6.07) is 11.1. The summed E-state index contributed by atoms with van der Waals surface area (Å²) >= 11 is 0. The van der Waals surface area contributed by atoms with Gasteiger partial charge in [0, 0.05) is 51.0 Å². The molecule has 0 unspecified atom stereocenters. The van der Waals surface area contributed by atoms with Crippen molar-refractivity contribution in [3.8, 4) is 0 Å². The number of benzene rings is 1. The highest BCUT2D eigenvalue weighted by Gasteiger charge is 2.40. The van der Waals surface area contributed by atoms with Crippen molar-refractivity contribution in [1.29, 1.82) is 0 Å². The van der Waals surface area contributed by atoms with Crippen molar-refractivity contribution in [2.45, 2.75) is 65.4 Å². The number of aliphatic carboxylic acids is 1. The van der Waals surface area contributed by atoms with Gasteiger partial charge >= 0.3 is 5.97 Å². The Hall–Kier alpha value is -3.87. The molecule has 0 bridgehead atoms. The van der Waals surface area contributed by atoms with Gasteiger partial charge in [-0.05, 0) is 73.8 Å². The number of carboxylic acid groups (broad SMARTS) is 1. The fourth-order valence-corrected chi connectivity index (χ4v) is 7.91. The average Bonchev–Trinajstić information content (AvgIpc) is 3.30. The van der Waals surface area contributed by atoms with Gasteiger partial charge in [-0.2, -0.15) is 4.31 Å². The lowest BCUT2D eigenvalue weighted by molar-refractivity contribution is -0.137. The second-order valence-corrected chi connectivity index (χ2v) is 13.3. The Bertz CT molecular complexity index is 1790. The number of fused-ring (bicyclic) bond motifs is 4. The number of likely N-dealkylation sites (N-methyl/N-ethyl adjacent to an activating group) is 1. The highest BCUT2D eigenvalue weighted by molar-refractivity contribution is 7.89. The van der Waals surface area contributed by atoms with Crippen molar-refractivity contribution >= 4 is 27.5 Å². The van der Waals surface area contributed by atoms with Gasteiger partial charge in [-0.15, -0.1) is 10.2 Å². The number of piperazine rings is 1. The van der Waals surface area contributed by atoms with Gasteiger partial charge in [-0.25, -0.2) is 13.4 Å². The molecule has 1 saturated heterocycles. The van der Waals surface area contributed by atoms with Crippen LogP contribution in [0.25, 0.3) is 5.65 Å². The molecule has 236 valence electrons. The van der Waals surface area contributed by atoms with Gasteiger partial charge in [0.25, 0.3) is 0 Å². The molecule has 0 saturated carbocycles. The highest BCUT2D eigenvalue weighted by atomic mass is 32.2. The number of sulfonamides is 1. The van der Waals surface area contributed by atoms with Crippen molar-refractivity contribution in [1.82, 2.24) is 28.8 Å². The van der Waals surface area contributed by atoms with Crippen LogP contribution >= 0.6 is 0 Å². The van der Waals surface area contributed by atoms with E-state index in [-0.39, 0.29) is 38.8 Å². The van der Waals surface area contributed by atoms with Crippen LogP contribution in [0.1, 0.15) is 60.8 Å². The van der Waals surface area contributed by atoms with Crippen LogP contribution in [0.2, 0.25) is 0 Å². The molecule has 0 radical (unpaired) electrons. The summed E-state index contributed by atoms with van der Waals surface area (Å²) in [5.41, 5.74) is 5.01. The summed E-state index contributed by atoms with van der Waals surface area (Å²) < 4.78 is 31.6. The summed E-state index contributed by atoms with van der Waals surface area (Å²) in [5.74, 6) is -0.0957. The summed E-state index contributed by atoms with van der Waals surface area (Å²) in [6.45, 7) is 8.53. The molecule has 1 aromatic carbocycles. The Morgan fingerprint density at radius 3 is 2.59 bits per heavy atom. The van der Waals surface area contributed by atoms with Crippen LogP contribution in [0.3, 0.4) is 0 Å². The summed E-state index contributed by atoms with van der Waals surface area (Å²) in [4.78, 5) is 21.2. The predicted molar refractivity (Wildman–Crippen MR) is 172 cm³/mol. The van der Waals surface area contributed by atoms with E-state index in [1.54, 1.807) is 22.6 Å². The third-order valence-corrected chi connectivity index (χ3v) is 10.5. The molecular formula is C32H43N7O4S. The van der Waals surface area contributed by atoms with Gasteiger partial charge in [0.15, 0.2) is 5.65 Å². The van der Waals surface area contributed by atoms with E-state index in [4.69, 9.17) is 0 Å². The lowest BCUT2D eigenvalue weighted by Crippen LogP contribution is -2.55. The second kappa shape index (κ2) is 12.6. The van der Waals surface area contributed by atoms with Crippen LogP contribution in [-0.4, -0.2) is 87.5 Å². The normalized spacial score (nSPS) is 18.8. The molecule has 0 amide bonds. The maximum absolute atomic E-state index is 14.1. The van der Waals surface area contributed by atoms with Crippen LogP contribution in [0.15, 0.2) is 53.7 Å². The number of rotatable bonds is 6. The number of anilines is 1. The molecule has 0 aliphatic carbocycles. The lowest BCUT2D eigenvalue weighted by atomic mass is 9.85.